The fraction of sp³-hybridized carbons (Fsp3) is 0.500. The summed E-state index contributed by atoms with van der Waals surface area (Å²) >= 11 is 0. The lowest BCUT2D eigenvalue weighted by Gasteiger charge is -2.31. The zero-order chi connectivity index (χ0) is 20.4. The van der Waals surface area contributed by atoms with E-state index in [1.165, 1.54) is 4.90 Å². The van der Waals surface area contributed by atoms with Crippen LogP contribution in [0.1, 0.15) is 46.9 Å². The van der Waals surface area contributed by atoms with E-state index >= 15 is 0 Å². The molecule has 1 aromatic carbocycles. The topological polar surface area (TPSA) is 55.8 Å². The summed E-state index contributed by atoms with van der Waals surface area (Å²) in [5.74, 6) is -0.216. The molecule has 1 heterocycles. The molecule has 0 unspecified atom stereocenters. The number of unbranched alkanes of at least 4 members (excludes halogenated alkanes) is 1. The highest BCUT2D eigenvalue weighted by Crippen LogP contribution is 2.32. The monoisotopic (exact) mass is 405 g/mol. The molecular formula is C20H31NO4Si2. The molecule has 27 heavy (non-hydrogen) atoms. The lowest BCUT2D eigenvalue weighted by Crippen LogP contribution is -2.37. The third kappa shape index (κ3) is 5.32. The number of hydrogen-bond donors (Lipinski definition) is 0. The Kier molecular flexibility index (Phi) is 6.37. The Morgan fingerprint density at radius 1 is 0.889 bits per heavy atom. The predicted molar refractivity (Wildman–Crippen MR) is 112 cm³/mol. The van der Waals surface area contributed by atoms with E-state index in [4.69, 9.17) is 8.85 Å². The smallest absolute Gasteiger partial charge is 0.272 e. The van der Waals surface area contributed by atoms with Gasteiger partial charge in [0.15, 0.2) is 0 Å². The summed E-state index contributed by atoms with van der Waals surface area (Å²) in [6, 6.07) is 6.96. The Balaban J connectivity index is 2.58. The van der Waals surface area contributed by atoms with Gasteiger partial charge in [0.2, 0.25) is 16.6 Å². The van der Waals surface area contributed by atoms with Crippen molar-refractivity contribution < 1.29 is 18.4 Å². The molecule has 0 saturated heterocycles. The second-order valence-corrected chi connectivity index (χ2v) is 17.6. The molecule has 0 saturated carbocycles. The average Bonchev–Trinajstić information content (AvgIpc) is 2.78. The summed E-state index contributed by atoms with van der Waals surface area (Å²) in [6.45, 7) is 14.5. The van der Waals surface area contributed by atoms with Crippen LogP contribution in [0.5, 0.6) is 0 Å². The zero-order valence-corrected chi connectivity index (χ0v) is 19.5. The summed E-state index contributed by atoms with van der Waals surface area (Å²) in [7, 11) is -4.01. The van der Waals surface area contributed by atoms with Crippen molar-refractivity contribution in [2.24, 2.45) is 0 Å². The molecular weight excluding hydrogens is 374 g/mol. The van der Waals surface area contributed by atoms with E-state index in [1.54, 1.807) is 24.3 Å². The van der Waals surface area contributed by atoms with Gasteiger partial charge in [-0.25, -0.2) is 4.90 Å². The van der Waals surface area contributed by atoms with E-state index in [1.807, 2.05) is 0 Å². The number of nitrogens with zero attached hydrogens (tertiary/aromatic N) is 1. The summed E-state index contributed by atoms with van der Waals surface area (Å²) in [5.41, 5.74) is 1.45. The van der Waals surface area contributed by atoms with Crippen LogP contribution in [0.25, 0.3) is 0 Å². The van der Waals surface area contributed by atoms with Crippen molar-refractivity contribution in [1.29, 1.82) is 0 Å². The van der Waals surface area contributed by atoms with Crippen molar-refractivity contribution in [3.8, 4) is 0 Å². The summed E-state index contributed by atoms with van der Waals surface area (Å²) in [5, 5.41) is 0. The van der Waals surface area contributed by atoms with Crippen molar-refractivity contribution in [3.63, 3.8) is 0 Å². The number of carbonyl (C=O) groups excluding carboxylic acids is 2. The third-order valence-corrected chi connectivity index (χ3v) is 5.46. The van der Waals surface area contributed by atoms with Crippen LogP contribution < -0.4 is 0 Å². The van der Waals surface area contributed by atoms with Gasteiger partial charge >= 0.3 is 0 Å². The van der Waals surface area contributed by atoms with Crippen LogP contribution >= 0.6 is 0 Å². The molecule has 0 spiro atoms. The van der Waals surface area contributed by atoms with Gasteiger partial charge in [-0.2, -0.15) is 0 Å². The molecule has 7 heteroatoms. The lowest BCUT2D eigenvalue weighted by atomic mass is 10.1. The first-order valence-corrected chi connectivity index (χ1v) is 16.4. The number of amides is 2. The largest absolute Gasteiger partial charge is 0.519 e. The normalized spacial score (nSPS) is 14.3. The maximum Gasteiger partial charge on any atom is 0.272 e. The molecule has 148 valence electrons. The second-order valence-electron chi connectivity index (χ2n) is 8.76. The maximum atomic E-state index is 13.0. The zero-order valence-electron chi connectivity index (χ0n) is 17.5. The lowest BCUT2D eigenvalue weighted by molar-refractivity contribution is 0.0670. The number of benzene rings is 1. The maximum absolute atomic E-state index is 13.0. The van der Waals surface area contributed by atoms with E-state index in [2.05, 4.69) is 46.2 Å². The van der Waals surface area contributed by atoms with E-state index < -0.39 is 16.6 Å². The molecule has 2 amide bonds. The van der Waals surface area contributed by atoms with Gasteiger partial charge in [-0.15, -0.1) is 0 Å². The Labute approximate surface area is 164 Å². The molecule has 1 aromatic rings. The highest BCUT2D eigenvalue weighted by molar-refractivity contribution is 6.71. The number of allylic oxidation sites excluding steroid dienone is 1. The SMILES string of the molecule is CCCCC(=C(O[Si](C)(C)C)O[Si](C)(C)C)N1C(=O)c2ccccc2C1=O. The van der Waals surface area contributed by atoms with Crippen LogP contribution in [0, 0.1) is 0 Å². The van der Waals surface area contributed by atoms with Gasteiger partial charge in [0.05, 0.1) is 11.1 Å². The van der Waals surface area contributed by atoms with Crippen LogP contribution in [0.2, 0.25) is 39.3 Å². The number of fused-ring (bicyclic) bond motifs is 1. The van der Waals surface area contributed by atoms with E-state index in [0.717, 1.165) is 12.8 Å². The van der Waals surface area contributed by atoms with Gasteiger partial charge in [0, 0.05) is 0 Å². The molecule has 1 aliphatic heterocycles. The number of carbonyl (C=O) groups is 2. The van der Waals surface area contributed by atoms with Gasteiger partial charge in [-0.05, 0) is 64.3 Å². The van der Waals surface area contributed by atoms with E-state index in [9.17, 15) is 9.59 Å². The van der Waals surface area contributed by atoms with E-state index in [0.29, 0.717) is 29.2 Å². The first-order chi connectivity index (χ1) is 12.4. The Morgan fingerprint density at radius 3 is 1.70 bits per heavy atom. The number of hydrogen-bond acceptors (Lipinski definition) is 4. The standard InChI is InChI=1S/C20H31NO4Si2/c1-8-9-14-17(20(24-26(2,3)4)25-27(5,6)7)21-18(22)15-12-10-11-13-16(15)19(21)23/h10-13H,8-9,14H2,1-7H3. The van der Waals surface area contributed by atoms with Crippen molar-refractivity contribution in [2.45, 2.75) is 65.5 Å². The third-order valence-electron chi connectivity index (χ3n) is 3.86. The minimum atomic E-state index is -2.01. The minimum Gasteiger partial charge on any atom is -0.519 e. The van der Waals surface area contributed by atoms with Crippen molar-refractivity contribution >= 4 is 28.4 Å². The summed E-state index contributed by atoms with van der Waals surface area (Å²) < 4.78 is 12.5. The van der Waals surface area contributed by atoms with Gasteiger partial charge in [-0.3, -0.25) is 9.59 Å². The highest BCUT2D eigenvalue weighted by Gasteiger charge is 2.40. The predicted octanol–water partition coefficient (Wildman–Crippen LogP) is 5.34. The molecule has 0 N–H and O–H groups in total. The fourth-order valence-electron chi connectivity index (χ4n) is 2.78. The molecule has 5 nitrogen and oxygen atoms in total. The highest BCUT2D eigenvalue weighted by atomic mass is 28.4. The molecule has 0 atom stereocenters. The first-order valence-electron chi connectivity index (χ1n) is 9.53. The molecule has 0 fully saturated rings. The van der Waals surface area contributed by atoms with Crippen LogP contribution in [0.3, 0.4) is 0 Å². The summed E-state index contributed by atoms with van der Waals surface area (Å²) in [6.07, 6.45) is 2.35. The van der Waals surface area contributed by atoms with Gasteiger partial charge in [-0.1, -0.05) is 25.5 Å². The van der Waals surface area contributed by atoms with Crippen LogP contribution in [-0.2, 0) is 8.85 Å². The van der Waals surface area contributed by atoms with Gasteiger partial charge in [0.25, 0.3) is 17.8 Å². The van der Waals surface area contributed by atoms with E-state index in [-0.39, 0.29) is 11.8 Å². The quantitative estimate of drug-likeness (QED) is 0.332. The van der Waals surface area contributed by atoms with Crippen LogP contribution in [0.15, 0.2) is 35.9 Å². The van der Waals surface area contributed by atoms with Crippen LogP contribution in [-0.4, -0.2) is 33.3 Å². The number of rotatable bonds is 8. The first kappa shape index (κ1) is 21.4. The molecule has 2 rings (SSSR count). The minimum absolute atomic E-state index is 0.294. The molecule has 0 aliphatic carbocycles. The molecule has 0 aromatic heterocycles. The van der Waals surface area contributed by atoms with Gasteiger partial charge in [0.1, 0.15) is 5.70 Å². The Bertz CT molecular complexity index is 707. The Hall–Kier alpha value is -1.87. The average molecular weight is 406 g/mol. The fourth-order valence-corrected chi connectivity index (χ4v) is 4.29. The Morgan fingerprint density at radius 2 is 1.33 bits per heavy atom. The molecule has 0 radical (unpaired) electrons. The van der Waals surface area contributed by atoms with Crippen molar-refractivity contribution in [2.75, 3.05) is 0 Å². The molecule has 0 bridgehead atoms. The second kappa shape index (κ2) is 8.02. The number of imide groups is 1. The van der Waals surface area contributed by atoms with Crippen molar-refractivity contribution in [3.05, 3.63) is 47.0 Å². The van der Waals surface area contributed by atoms with Crippen LogP contribution in [0.4, 0.5) is 0 Å². The summed E-state index contributed by atoms with van der Waals surface area (Å²) in [4.78, 5) is 27.3. The van der Waals surface area contributed by atoms with Crippen molar-refractivity contribution in [1.82, 2.24) is 4.90 Å². The molecule has 1 aliphatic rings. The van der Waals surface area contributed by atoms with Gasteiger partial charge < -0.3 is 8.85 Å².